The smallest absolute Gasteiger partial charge is 0.187 e. The molecule has 0 spiro atoms. The maximum Gasteiger partial charge on any atom is 0.187 e. The van der Waals surface area contributed by atoms with Crippen molar-refractivity contribution in [2.45, 2.75) is 45.4 Å². The minimum absolute atomic E-state index is 0.303. The lowest BCUT2D eigenvalue weighted by Gasteiger charge is -2.14. The molecular weight excluding hydrogens is 312 g/mol. The van der Waals surface area contributed by atoms with Crippen molar-refractivity contribution in [1.82, 2.24) is 19.7 Å². The van der Waals surface area contributed by atoms with Crippen LogP contribution in [-0.4, -0.2) is 24.9 Å². The molecule has 1 aliphatic rings. The average Bonchev–Trinajstić information content (AvgIpc) is 2.97. The number of phenols is 1. The summed E-state index contributed by atoms with van der Waals surface area (Å²) in [5.41, 5.74) is 3.97. The van der Waals surface area contributed by atoms with Gasteiger partial charge in [0.2, 0.25) is 0 Å². The molecular formula is C20H22N4O. The van der Waals surface area contributed by atoms with E-state index < -0.39 is 0 Å². The molecule has 0 saturated carbocycles. The van der Waals surface area contributed by atoms with E-state index in [2.05, 4.69) is 26.7 Å². The van der Waals surface area contributed by atoms with E-state index in [0.29, 0.717) is 11.7 Å². The molecule has 4 rings (SSSR count). The number of aryl methyl sites for hydroxylation is 2. The minimum Gasteiger partial charge on any atom is -0.508 e. The summed E-state index contributed by atoms with van der Waals surface area (Å²) in [7, 11) is 0. The van der Waals surface area contributed by atoms with Crippen LogP contribution in [0.25, 0.3) is 17.2 Å². The molecule has 0 aliphatic carbocycles. The average molecular weight is 334 g/mol. The predicted molar refractivity (Wildman–Crippen MR) is 97.0 cm³/mol. The number of aromatic nitrogens is 4. The van der Waals surface area contributed by atoms with Crippen molar-refractivity contribution in [3.63, 3.8) is 0 Å². The van der Waals surface area contributed by atoms with E-state index in [1.807, 2.05) is 37.3 Å². The van der Waals surface area contributed by atoms with Crippen molar-refractivity contribution in [3.05, 3.63) is 53.5 Å². The summed E-state index contributed by atoms with van der Waals surface area (Å²) in [6.45, 7) is 4.18. The molecule has 1 aromatic carbocycles. The molecule has 5 heteroatoms. The van der Waals surface area contributed by atoms with Gasteiger partial charge in [-0.25, -0.2) is 4.98 Å². The van der Waals surface area contributed by atoms with Crippen molar-refractivity contribution < 1.29 is 5.11 Å². The maximum absolute atomic E-state index is 9.92. The SMILES string of the molecule is CCCC1CCc2cc(O)ccc2-n2c(-c3cccc(C)n3)nnc21. The van der Waals surface area contributed by atoms with Gasteiger partial charge in [-0.05, 0) is 62.1 Å². The van der Waals surface area contributed by atoms with Crippen LogP contribution in [0.1, 0.15) is 49.2 Å². The second-order valence-corrected chi connectivity index (χ2v) is 6.72. The van der Waals surface area contributed by atoms with Crippen LogP contribution >= 0.6 is 0 Å². The lowest BCUT2D eigenvalue weighted by Crippen LogP contribution is -2.07. The van der Waals surface area contributed by atoms with E-state index in [9.17, 15) is 5.11 Å². The summed E-state index contributed by atoms with van der Waals surface area (Å²) >= 11 is 0. The Hall–Kier alpha value is -2.69. The van der Waals surface area contributed by atoms with Gasteiger partial charge in [-0.3, -0.25) is 4.57 Å². The van der Waals surface area contributed by atoms with Crippen molar-refractivity contribution in [3.8, 4) is 23.0 Å². The molecule has 0 bridgehead atoms. The fourth-order valence-electron chi connectivity index (χ4n) is 3.70. The number of nitrogens with zero attached hydrogens (tertiary/aromatic N) is 4. The van der Waals surface area contributed by atoms with Crippen molar-refractivity contribution >= 4 is 0 Å². The number of pyridine rings is 1. The number of phenolic OH excluding ortho intramolecular Hbond substituents is 1. The van der Waals surface area contributed by atoms with Crippen LogP contribution in [0.5, 0.6) is 5.75 Å². The maximum atomic E-state index is 9.92. The molecule has 1 aliphatic heterocycles. The first-order valence-electron chi connectivity index (χ1n) is 8.89. The number of fused-ring (bicyclic) bond motifs is 3. The van der Waals surface area contributed by atoms with E-state index in [-0.39, 0.29) is 0 Å². The zero-order valence-electron chi connectivity index (χ0n) is 14.6. The number of hydrogen-bond acceptors (Lipinski definition) is 4. The lowest BCUT2D eigenvalue weighted by molar-refractivity contribution is 0.474. The van der Waals surface area contributed by atoms with Crippen molar-refractivity contribution in [2.75, 3.05) is 0 Å². The van der Waals surface area contributed by atoms with Crippen LogP contribution < -0.4 is 0 Å². The summed E-state index contributed by atoms with van der Waals surface area (Å²) in [6, 6.07) is 11.5. The lowest BCUT2D eigenvalue weighted by atomic mass is 9.96. The first kappa shape index (κ1) is 15.8. The molecule has 25 heavy (non-hydrogen) atoms. The Morgan fingerprint density at radius 3 is 2.88 bits per heavy atom. The Morgan fingerprint density at radius 1 is 1.20 bits per heavy atom. The largest absolute Gasteiger partial charge is 0.508 e. The first-order chi connectivity index (χ1) is 12.2. The molecule has 0 amide bonds. The zero-order valence-corrected chi connectivity index (χ0v) is 14.6. The molecule has 1 N–H and O–H groups in total. The minimum atomic E-state index is 0.303. The standard InChI is InChI=1S/C20H22N4O/c1-3-5-14-8-9-15-12-16(25)10-11-18(15)24-19(14)22-23-20(24)17-7-4-6-13(2)21-17/h4,6-7,10-12,14,25H,3,5,8-9H2,1-2H3. The fraction of sp³-hybridized carbons (Fsp3) is 0.350. The summed E-state index contributed by atoms with van der Waals surface area (Å²) in [5, 5.41) is 19.0. The topological polar surface area (TPSA) is 63.8 Å². The number of hydrogen-bond donors (Lipinski definition) is 1. The Kier molecular flexibility index (Phi) is 3.99. The highest BCUT2D eigenvalue weighted by atomic mass is 16.3. The molecule has 1 unspecified atom stereocenters. The molecule has 0 fully saturated rings. The summed E-state index contributed by atoms with van der Waals surface area (Å²) in [5.74, 6) is 2.45. The fourth-order valence-corrected chi connectivity index (χ4v) is 3.70. The molecule has 5 nitrogen and oxygen atoms in total. The summed E-state index contributed by atoms with van der Waals surface area (Å²) in [4.78, 5) is 4.64. The number of aromatic hydroxyl groups is 1. The second-order valence-electron chi connectivity index (χ2n) is 6.72. The van der Waals surface area contributed by atoms with Crippen LogP contribution in [0.3, 0.4) is 0 Å². The van der Waals surface area contributed by atoms with Gasteiger partial charge in [0, 0.05) is 11.6 Å². The van der Waals surface area contributed by atoms with E-state index in [0.717, 1.165) is 60.0 Å². The third kappa shape index (κ3) is 2.80. The number of rotatable bonds is 3. The molecule has 3 heterocycles. The Morgan fingerprint density at radius 2 is 2.08 bits per heavy atom. The van der Waals surface area contributed by atoms with Crippen LogP contribution in [0, 0.1) is 6.92 Å². The van der Waals surface area contributed by atoms with Crippen LogP contribution in [0.4, 0.5) is 0 Å². The third-order valence-corrected chi connectivity index (χ3v) is 4.87. The Bertz CT molecular complexity index is 916. The van der Waals surface area contributed by atoms with Gasteiger partial charge in [0.1, 0.15) is 17.3 Å². The van der Waals surface area contributed by atoms with Gasteiger partial charge in [0.05, 0.1) is 5.69 Å². The normalized spacial score (nSPS) is 16.2. The summed E-state index contributed by atoms with van der Waals surface area (Å²) < 4.78 is 2.14. The predicted octanol–water partition coefficient (Wildman–Crippen LogP) is 4.17. The molecule has 128 valence electrons. The first-order valence-corrected chi connectivity index (χ1v) is 8.89. The molecule has 2 aromatic heterocycles. The highest BCUT2D eigenvalue weighted by molar-refractivity contribution is 5.58. The van der Waals surface area contributed by atoms with E-state index in [4.69, 9.17) is 0 Å². The van der Waals surface area contributed by atoms with Gasteiger partial charge in [-0.1, -0.05) is 19.4 Å². The molecule has 0 radical (unpaired) electrons. The summed E-state index contributed by atoms with van der Waals surface area (Å²) in [6.07, 6.45) is 4.14. The highest BCUT2D eigenvalue weighted by Gasteiger charge is 2.27. The van der Waals surface area contributed by atoms with Gasteiger partial charge >= 0.3 is 0 Å². The van der Waals surface area contributed by atoms with Gasteiger partial charge < -0.3 is 5.11 Å². The van der Waals surface area contributed by atoms with Gasteiger partial charge in [0.15, 0.2) is 5.82 Å². The van der Waals surface area contributed by atoms with Crippen LogP contribution in [0.2, 0.25) is 0 Å². The van der Waals surface area contributed by atoms with E-state index in [1.54, 1.807) is 6.07 Å². The zero-order chi connectivity index (χ0) is 17.4. The third-order valence-electron chi connectivity index (χ3n) is 4.87. The van der Waals surface area contributed by atoms with Crippen molar-refractivity contribution in [1.29, 1.82) is 0 Å². The van der Waals surface area contributed by atoms with Gasteiger partial charge in [-0.15, -0.1) is 10.2 Å². The second kappa shape index (κ2) is 6.31. The van der Waals surface area contributed by atoms with Crippen molar-refractivity contribution in [2.24, 2.45) is 0 Å². The van der Waals surface area contributed by atoms with Crippen LogP contribution in [0.15, 0.2) is 36.4 Å². The van der Waals surface area contributed by atoms with Crippen LogP contribution in [-0.2, 0) is 6.42 Å². The monoisotopic (exact) mass is 334 g/mol. The van der Waals surface area contributed by atoms with Gasteiger partial charge in [0.25, 0.3) is 0 Å². The van der Waals surface area contributed by atoms with E-state index in [1.165, 1.54) is 0 Å². The van der Waals surface area contributed by atoms with Gasteiger partial charge in [-0.2, -0.15) is 0 Å². The Balaban J connectivity index is 1.95. The molecule has 1 atom stereocenters. The quantitative estimate of drug-likeness (QED) is 0.780. The molecule has 0 saturated heterocycles. The number of benzene rings is 1. The van der Waals surface area contributed by atoms with E-state index >= 15 is 0 Å². The Labute approximate surface area is 147 Å². The molecule has 3 aromatic rings. The highest BCUT2D eigenvalue weighted by Crippen LogP contribution is 2.36.